The van der Waals surface area contributed by atoms with Gasteiger partial charge in [0.15, 0.2) is 5.76 Å². The van der Waals surface area contributed by atoms with Crippen LogP contribution in [0.5, 0.6) is 5.75 Å². The minimum Gasteiger partial charge on any atom is -0.494 e. The fourth-order valence-corrected chi connectivity index (χ4v) is 6.09. The van der Waals surface area contributed by atoms with E-state index >= 15 is 0 Å². The summed E-state index contributed by atoms with van der Waals surface area (Å²) in [5.74, 6) is 0.517. The van der Waals surface area contributed by atoms with Crippen LogP contribution in [0.2, 0.25) is 0 Å². The number of carbonyl (C=O) groups is 2. The van der Waals surface area contributed by atoms with Gasteiger partial charge in [0.2, 0.25) is 0 Å². The first-order valence-electron chi connectivity index (χ1n) is 13.5. The van der Waals surface area contributed by atoms with E-state index in [0.29, 0.717) is 31.8 Å². The Kier molecular flexibility index (Phi) is 7.11. The SMILES string of the molecule is CCOC(=O)Cn1c2c(c3ccccc31)CCN(C(=O)c1cc3cc(Br)ccc3o1)[C@@H]2c1ccc(OCC)cc1. The topological polar surface area (TPSA) is 73.9 Å². The zero-order valence-corrected chi connectivity index (χ0v) is 23.9. The van der Waals surface area contributed by atoms with Gasteiger partial charge in [-0.2, -0.15) is 0 Å². The molecule has 0 saturated heterocycles. The number of furan rings is 1. The van der Waals surface area contributed by atoms with E-state index in [1.807, 2.05) is 77.1 Å². The van der Waals surface area contributed by atoms with Crippen LogP contribution in [0, 0.1) is 0 Å². The molecule has 1 amide bonds. The molecule has 5 aromatic rings. The fourth-order valence-electron chi connectivity index (χ4n) is 5.72. The Morgan fingerprint density at radius 2 is 1.80 bits per heavy atom. The molecule has 0 aliphatic carbocycles. The molecule has 0 spiro atoms. The highest BCUT2D eigenvalue weighted by Crippen LogP contribution is 2.42. The van der Waals surface area contributed by atoms with Crippen LogP contribution in [0.4, 0.5) is 0 Å². The van der Waals surface area contributed by atoms with Gasteiger partial charge in [0.05, 0.1) is 19.3 Å². The van der Waals surface area contributed by atoms with Gasteiger partial charge in [0.1, 0.15) is 17.9 Å². The molecule has 7 nitrogen and oxygen atoms in total. The largest absolute Gasteiger partial charge is 0.494 e. The van der Waals surface area contributed by atoms with Crippen molar-refractivity contribution in [1.29, 1.82) is 0 Å². The van der Waals surface area contributed by atoms with Gasteiger partial charge >= 0.3 is 5.97 Å². The first kappa shape index (κ1) is 26.2. The van der Waals surface area contributed by atoms with Crippen LogP contribution in [-0.2, 0) is 22.5 Å². The number of hydrogen-bond acceptors (Lipinski definition) is 5. The molecule has 0 radical (unpaired) electrons. The molecule has 0 N–H and O–H groups in total. The molecule has 40 heavy (non-hydrogen) atoms. The molecule has 1 atom stereocenters. The van der Waals surface area contributed by atoms with E-state index in [4.69, 9.17) is 13.9 Å². The minimum absolute atomic E-state index is 0.0535. The van der Waals surface area contributed by atoms with Crippen LogP contribution < -0.4 is 4.74 Å². The molecule has 2 aromatic heterocycles. The molecular formula is C32H29BrN2O5. The maximum Gasteiger partial charge on any atom is 0.325 e. The molecular weight excluding hydrogens is 572 g/mol. The second-order valence-electron chi connectivity index (χ2n) is 9.72. The molecule has 6 rings (SSSR count). The summed E-state index contributed by atoms with van der Waals surface area (Å²) >= 11 is 3.50. The zero-order chi connectivity index (χ0) is 27.8. The number of para-hydroxylation sites is 1. The maximum atomic E-state index is 14.2. The quantitative estimate of drug-likeness (QED) is 0.190. The summed E-state index contributed by atoms with van der Waals surface area (Å²) in [7, 11) is 0. The molecule has 0 saturated carbocycles. The van der Waals surface area contributed by atoms with Crippen molar-refractivity contribution in [2.45, 2.75) is 32.9 Å². The number of nitrogens with zero attached hydrogens (tertiary/aromatic N) is 2. The van der Waals surface area contributed by atoms with Gasteiger partial charge in [-0.05, 0) is 73.9 Å². The highest BCUT2D eigenvalue weighted by Gasteiger charge is 2.38. The highest BCUT2D eigenvalue weighted by molar-refractivity contribution is 9.10. The van der Waals surface area contributed by atoms with Gasteiger partial charge in [-0.3, -0.25) is 9.59 Å². The summed E-state index contributed by atoms with van der Waals surface area (Å²) in [5.41, 5.74) is 4.57. The van der Waals surface area contributed by atoms with Crippen molar-refractivity contribution in [3.63, 3.8) is 0 Å². The average Bonchev–Trinajstić information content (AvgIpc) is 3.52. The van der Waals surface area contributed by atoms with Crippen molar-refractivity contribution < 1.29 is 23.5 Å². The van der Waals surface area contributed by atoms with Crippen LogP contribution in [-0.4, -0.2) is 41.1 Å². The summed E-state index contributed by atoms with van der Waals surface area (Å²) in [6, 6.07) is 22.9. The molecule has 8 heteroatoms. The van der Waals surface area contributed by atoms with Crippen LogP contribution in [0.3, 0.4) is 0 Å². The van der Waals surface area contributed by atoms with E-state index in [1.165, 1.54) is 0 Å². The van der Waals surface area contributed by atoms with E-state index < -0.39 is 6.04 Å². The van der Waals surface area contributed by atoms with Crippen LogP contribution in [0.25, 0.3) is 21.9 Å². The monoisotopic (exact) mass is 600 g/mol. The summed E-state index contributed by atoms with van der Waals surface area (Å²) in [5, 5.41) is 1.93. The van der Waals surface area contributed by atoms with Gasteiger partial charge in [-0.1, -0.05) is 46.3 Å². The third kappa shape index (κ3) is 4.66. The second-order valence-corrected chi connectivity index (χ2v) is 10.6. The summed E-state index contributed by atoms with van der Waals surface area (Å²) < 4.78 is 20.0. The molecule has 3 heterocycles. The van der Waals surface area contributed by atoms with Gasteiger partial charge < -0.3 is 23.4 Å². The fraction of sp³-hybridized carbons (Fsp3) is 0.250. The van der Waals surface area contributed by atoms with Crippen molar-refractivity contribution in [2.75, 3.05) is 19.8 Å². The van der Waals surface area contributed by atoms with Gasteiger partial charge in [0, 0.05) is 33.0 Å². The van der Waals surface area contributed by atoms with Gasteiger partial charge in [-0.25, -0.2) is 0 Å². The third-order valence-corrected chi connectivity index (χ3v) is 7.84. The summed E-state index contributed by atoms with van der Waals surface area (Å²) in [6.07, 6.45) is 0.650. The van der Waals surface area contributed by atoms with E-state index in [1.54, 1.807) is 13.0 Å². The first-order valence-corrected chi connectivity index (χ1v) is 14.3. The Bertz CT molecular complexity index is 1720. The molecule has 204 valence electrons. The normalized spacial score (nSPS) is 14.9. The third-order valence-electron chi connectivity index (χ3n) is 7.34. The van der Waals surface area contributed by atoms with Crippen LogP contribution >= 0.6 is 15.9 Å². The zero-order valence-electron chi connectivity index (χ0n) is 22.4. The molecule has 0 unspecified atom stereocenters. The van der Waals surface area contributed by atoms with Gasteiger partial charge in [0.25, 0.3) is 5.91 Å². The van der Waals surface area contributed by atoms with E-state index in [0.717, 1.165) is 43.3 Å². The maximum absolute atomic E-state index is 14.2. The number of aromatic nitrogens is 1. The number of fused-ring (bicyclic) bond motifs is 4. The number of rotatable bonds is 7. The van der Waals surface area contributed by atoms with Crippen molar-refractivity contribution in [1.82, 2.24) is 9.47 Å². The molecule has 0 fully saturated rings. The predicted molar refractivity (Wildman–Crippen MR) is 157 cm³/mol. The molecule has 1 aliphatic rings. The lowest BCUT2D eigenvalue weighted by molar-refractivity contribution is -0.143. The number of amides is 1. The summed E-state index contributed by atoms with van der Waals surface area (Å²) in [4.78, 5) is 28.8. The molecule has 1 aliphatic heterocycles. The van der Waals surface area contributed by atoms with Crippen molar-refractivity contribution in [3.8, 4) is 5.75 Å². The standard InChI is InChI=1S/C32H29BrN2O5/c1-3-38-23-12-9-20(10-13-23)30-31-25(24-7-5-6-8-26(24)35(31)19-29(36)39-4-2)15-16-34(30)32(37)28-18-21-17-22(33)11-14-27(21)40-28/h5-14,17-18,30H,3-4,15-16,19H2,1-2H3/t30-/m1/s1. The Morgan fingerprint density at radius 1 is 1.00 bits per heavy atom. The predicted octanol–water partition coefficient (Wildman–Crippen LogP) is 6.90. The number of halogens is 1. The van der Waals surface area contributed by atoms with E-state index in [2.05, 4.69) is 22.0 Å². The van der Waals surface area contributed by atoms with Crippen LogP contribution in [0.15, 0.2) is 81.7 Å². The van der Waals surface area contributed by atoms with E-state index in [-0.39, 0.29) is 24.2 Å². The lowest BCUT2D eigenvalue weighted by Crippen LogP contribution is -2.41. The van der Waals surface area contributed by atoms with Crippen molar-refractivity contribution >= 4 is 49.7 Å². The minimum atomic E-state index is -0.450. The molecule has 3 aromatic carbocycles. The molecule has 0 bridgehead atoms. The van der Waals surface area contributed by atoms with Gasteiger partial charge in [-0.15, -0.1) is 0 Å². The Balaban J connectivity index is 1.52. The van der Waals surface area contributed by atoms with Crippen molar-refractivity contribution in [3.05, 3.63) is 99.9 Å². The number of esters is 1. The lowest BCUT2D eigenvalue weighted by atomic mass is 9.91. The number of hydrogen-bond donors (Lipinski definition) is 0. The van der Waals surface area contributed by atoms with Crippen molar-refractivity contribution in [2.24, 2.45) is 0 Å². The number of carbonyl (C=O) groups excluding carboxylic acids is 2. The Labute approximate surface area is 240 Å². The first-order chi connectivity index (χ1) is 19.5. The highest BCUT2D eigenvalue weighted by atomic mass is 79.9. The number of benzene rings is 3. The van der Waals surface area contributed by atoms with Crippen LogP contribution in [0.1, 0.15) is 47.3 Å². The number of ether oxygens (including phenoxy) is 2. The Hall–Kier alpha value is -4.04. The Morgan fingerprint density at radius 3 is 2.58 bits per heavy atom. The lowest BCUT2D eigenvalue weighted by Gasteiger charge is -2.37. The second kappa shape index (κ2) is 10.8. The van der Waals surface area contributed by atoms with E-state index in [9.17, 15) is 9.59 Å². The summed E-state index contributed by atoms with van der Waals surface area (Å²) in [6.45, 7) is 5.16. The smallest absolute Gasteiger partial charge is 0.325 e. The average molecular weight is 601 g/mol.